The van der Waals surface area contributed by atoms with Gasteiger partial charge in [-0.2, -0.15) is 0 Å². The van der Waals surface area contributed by atoms with Crippen LogP contribution in [0.15, 0.2) is 18.2 Å². The molecule has 0 radical (unpaired) electrons. The van der Waals surface area contributed by atoms with Gasteiger partial charge in [0.05, 0.1) is 0 Å². The molecule has 1 aromatic rings. The van der Waals surface area contributed by atoms with Gasteiger partial charge in [0, 0.05) is 32.1 Å². The zero-order valence-corrected chi connectivity index (χ0v) is 13.3. The van der Waals surface area contributed by atoms with Crippen LogP contribution >= 0.6 is 0 Å². The highest BCUT2D eigenvalue weighted by Crippen LogP contribution is 2.29. The Bertz CT molecular complexity index is 433. The van der Waals surface area contributed by atoms with Gasteiger partial charge in [0.1, 0.15) is 11.9 Å². The molecule has 3 heteroatoms. The monoisotopic (exact) mass is 276 g/mol. The van der Waals surface area contributed by atoms with E-state index in [1.165, 1.54) is 17.5 Å². The fraction of sp³-hybridized carbons (Fsp3) is 0.647. The predicted molar refractivity (Wildman–Crippen MR) is 84.6 cm³/mol. The van der Waals surface area contributed by atoms with E-state index in [9.17, 15) is 0 Å². The Morgan fingerprint density at radius 3 is 3.00 bits per heavy atom. The number of hydrogen-bond donors (Lipinski definition) is 1. The molecule has 0 aromatic heterocycles. The minimum absolute atomic E-state index is 0.292. The smallest absolute Gasteiger partial charge is 0.123 e. The third kappa shape index (κ3) is 3.97. The Hall–Kier alpha value is -1.06. The van der Waals surface area contributed by atoms with Crippen molar-refractivity contribution in [3.05, 3.63) is 29.3 Å². The van der Waals surface area contributed by atoms with E-state index in [4.69, 9.17) is 4.74 Å². The predicted octanol–water partition coefficient (Wildman–Crippen LogP) is 2.62. The van der Waals surface area contributed by atoms with E-state index in [1.54, 1.807) is 0 Å². The molecule has 2 rings (SSSR count). The molecule has 3 nitrogen and oxygen atoms in total. The van der Waals surface area contributed by atoms with Crippen LogP contribution in [0.3, 0.4) is 0 Å². The van der Waals surface area contributed by atoms with Crippen LogP contribution in [0.5, 0.6) is 5.75 Å². The lowest BCUT2D eigenvalue weighted by Crippen LogP contribution is -2.38. The number of aryl methyl sites for hydroxylation is 1. The van der Waals surface area contributed by atoms with Gasteiger partial charge in [0.15, 0.2) is 0 Å². The van der Waals surface area contributed by atoms with Gasteiger partial charge < -0.3 is 15.0 Å². The van der Waals surface area contributed by atoms with E-state index in [0.29, 0.717) is 12.1 Å². The van der Waals surface area contributed by atoms with Crippen LogP contribution in [0, 0.1) is 6.92 Å². The molecule has 112 valence electrons. The molecule has 0 bridgehead atoms. The highest BCUT2D eigenvalue weighted by Gasteiger charge is 2.22. The van der Waals surface area contributed by atoms with Crippen molar-refractivity contribution in [3.63, 3.8) is 0 Å². The molecule has 1 aliphatic rings. The van der Waals surface area contributed by atoms with Crippen LogP contribution in [-0.2, 0) is 6.42 Å². The fourth-order valence-corrected chi connectivity index (χ4v) is 2.61. The summed E-state index contributed by atoms with van der Waals surface area (Å²) in [5, 5.41) is 3.52. The number of likely N-dealkylation sites (N-methyl/N-ethyl adjacent to an activating group) is 1. The maximum absolute atomic E-state index is 5.96. The van der Waals surface area contributed by atoms with E-state index < -0.39 is 0 Å². The van der Waals surface area contributed by atoms with Gasteiger partial charge in [-0.15, -0.1) is 0 Å². The summed E-state index contributed by atoms with van der Waals surface area (Å²) >= 11 is 0. The summed E-state index contributed by atoms with van der Waals surface area (Å²) in [6, 6.07) is 7.12. The SMILES string of the molecule is CCC(C)N(C)CCNCC1Cc2cc(C)ccc2O1. The first-order valence-electron chi connectivity index (χ1n) is 7.77. The van der Waals surface area contributed by atoms with Crippen molar-refractivity contribution in [1.29, 1.82) is 0 Å². The van der Waals surface area contributed by atoms with Gasteiger partial charge in [-0.1, -0.05) is 24.6 Å². The number of ether oxygens (including phenoxy) is 1. The molecular formula is C17H28N2O. The van der Waals surface area contributed by atoms with Gasteiger partial charge in [0.25, 0.3) is 0 Å². The number of nitrogens with one attached hydrogen (secondary N) is 1. The summed E-state index contributed by atoms with van der Waals surface area (Å²) in [5.41, 5.74) is 2.67. The van der Waals surface area contributed by atoms with Gasteiger partial charge in [-0.25, -0.2) is 0 Å². The first kappa shape index (κ1) is 15.3. The van der Waals surface area contributed by atoms with Crippen molar-refractivity contribution in [2.75, 3.05) is 26.7 Å². The Balaban J connectivity index is 1.67. The molecule has 2 unspecified atom stereocenters. The molecule has 0 fully saturated rings. The first-order chi connectivity index (χ1) is 9.60. The molecule has 1 heterocycles. The van der Waals surface area contributed by atoms with Crippen LogP contribution < -0.4 is 10.1 Å². The van der Waals surface area contributed by atoms with Crippen LogP contribution in [-0.4, -0.2) is 43.7 Å². The zero-order chi connectivity index (χ0) is 14.5. The summed E-state index contributed by atoms with van der Waals surface area (Å²) in [6.07, 6.45) is 2.53. The second kappa shape index (κ2) is 7.09. The Kier molecular flexibility index (Phi) is 5.44. The standard InChI is InChI=1S/C17H28N2O/c1-5-14(3)19(4)9-8-18-12-16-11-15-10-13(2)6-7-17(15)20-16/h6-7,10,14,16,18H,5,8-9,11-12H2,1-4H3. The molecule has 1 N–H and O–H groups in total. The molecule has 0 saturated heterocycles. The summed E-state index contributed by atoms with van der Waals surface area (Å²) in [5.74, 6) is 1.07. The highest BCUT2D eigenvalue weighted by molar-refractivity contribution is 5.40. The second-order valence-electron chi connectivity index (χ2n) is 6.00. The van der Waals surface area contributed by atoms with E-state index >= 15 is 0 Å². The minimum atomic E-state index is 0.292. The largest absolute Gasteiger partial charge is 0.488 e. The van der Waals surface area contributed by atoms with E-state index in [0.717, 1.165) is 31.8 Å². The second-order valence-corrected chi connectivity index (χ2v) is 6.00. The summed E-state index contributed by atoms with van der Waals surface area (Å²) in [4.78, 5) is 2.40. The summed E-state index contributed by atoms with van der Waals surface area (Å²) in [6.45, 7) is 9.70. The molecule has 0 amide bonds. The number of hydrogen-bond acceptors (Lipinski definition) is 3. The van der Waals surface area contributed by atoms with Crippen molar-refractivity contribution in [3.8, 4) is 5.75 Å². The first-order valence-corrected chi connectivity index (χ1v) is 7.77. The maximum atomic E-state index is 5.96. The highest BCUT2D eigenvalue weighted by atomic mass is 16.5. The lowest BCUT2D eigenvalue weighted by Gasteiger charge is -2.23. The van der Waals surface area contributed by atoms with Gasteiger partial charge in [-0.05, 0) is 38.9 Å². The normalized spacial score (nSPS) is 18.9. The molecular weight excluding hydrogens is 248 g/mol. The maximum Gasteiger partial charge on any atom is 0.123 e. The quantitative estimate of drug-likeness (QED) is 0.775. The van der Waals surface area contributed by atoms with Crippen molar-refractivity contribution in [2.24, 2.45) is 0 Å². The van der Waals surface area contributed by atoms with E-state index in [2.05, 4.69) is 56.2 Å². The van der Waals surface area contributed by atoms with Crippen LogP contribution in [0.1, 0.15) is 31.4 Å². The average Bonchev–Trinajstić information content (AvgIpc) is 2.84. The molecule has 2 atom stereocenters. The molecule has 0 saturated carbocycles. The van der Waals surface area contributed by atoms with Gasteiger partial charge >= 0.3 is 0 Å². The number of nitrogens with zero attached hydrogens (tertiary/aromatic N) is 1. The third-order valence-electron chi connectivity index (χ3n) is 4.31. The third-order valence-corrected chi connectivity index (χ3v) is 4.31. The lowest BCUT2D eigenvalue weighted by molar-refractivity contribution is 0.216. The Morgan fingerprint density at radius 1 is 1.45 bits per heavy atom. The lowest BCUT2D eigenvalue weighted by atomic mass is 10.1. The Morgan fingerprint density at radius 2 is 2.25 bits per heavy atom. The molecule has 20 heavy (non-hydrogen) atoms. The van der Waals surface area contributed by atoms with Gasteiger partial charge in [0.2, 0.25) is 0 Å². The summed E-state index contributed by atoms with van der Waals surface area (Å²) in [7, 11) is 2.19. The van der Waals surface area contributed by atoms with Crippen molar-refractivity contribution >= 4 is 0 Å². The average molecular weight is 276 g/mol. The summed E-state index contributed by atoms with van der Waals surface area (Å²) < 4.78 is 5.96. The molecule has 1 aromatic carbocycles. The molecule has 0 aliphatic carbocycles. The van der Waals surface area contributed by atoms with Crippen molar-refractivity contribution in [1.82, 2.24) is 10.2 Å². The molecule has 1 aliphatic heterocycles. The van der Waals surface area contributed by atoms with E-state index in [1.807, 2.05) is 0 Å². The zero-order valence-electron chi connectivity index (χ0n) is 13.3. The van der Waals surface area contributed by atoms with E-state index in [-0.39, 0.29) is 0 Å². The Labute approximate surface area is 123 Å². The van der Waals surface area contributed by atoms with Crippen LogP contribution in [0.4, 0.5) is 0 Å². The van der Waals surface area contributed by atoms with Gasteiger partial charge in [-0.3, -0.25) is 0 Å². The molecule has 0 spiro atoms. The van der Waals surface area contributed by atoms with Crippen molar-refractivity contribution in [2.45, 2.75) is 45.8 Å². The topological polar surface area (TPSA) is 24.5 Å². The van der Waals surface area contributed by atoms with Crippen LogP contribution in [0.2, 0.25) is 0 Å². The van der Waals surface area contributed by atoms with Crippen LogP contribution in [0.25, 0.3) is 0 Å². The number of benzene rings is 1. The van der Waals surface area contributed by atoms with Crippen molar-refractivity contribution < 1.29 is 4.74 Å². The fourth-order valence-electron chi connectivity index (χ4n) is 2.61. The minimum Gasteiger partial charge on any atom is -0.488 e. The number of rotatable bonds is 7. The number of fused-ring (bicyclic) bond motifs is 1.